The van der Waals surface area contributed by atoms with E-state index in [1.807, 2.05) is 12.5 Å². The minimum atomic E-state index is 0.518. The largest absolute Gasteiger partial charge is 0.465 e. The molecule has 1 fully saturated rings. The number of imidazole rings is 1. The van der Waals surface area contributed by atoms with Gasteiger partial charge in [0.2, 0.25) is 0 Å². The first-order valence-electron chi connectivity index (χ1n) is 7.15. The Kier molecular flexibility index (Phi) is 3.69. The molecule has 102 valence electrons. The fraction of sp³-hybridized carbons (Fsp3) is 0.533. The van der Waals surface area contributed by atoms with Crippen molar-refractivity contribution in [2.24, 2.45) is 0 Å². The summed E-state index contributed by atoms with van der Waals surface area (Å²) in [7, 11) is 0. The Morgan fingerprint density at radius 3 is 3.00 bits per heavy atom. The summed E-state index contributed by atoms with van der Waals surface area (Å²) < 4.78 is 7.96. The Balaban J connectivity index is 1.60. The summed E-state index contributed by atoms with van der Waals surface area (Å²) in [5.41, 5.74) is 0. The van der Waals surface area contributed by atoms with Crippen LogP contribution in [0.1, 0.15) is 43.7 Å². The Hall–Kier alpha value is -1.55. The fourth-order valence-corrected chi connectivity index (χ4v) is 2.94. The highest BCUT2D eigenvalue weighted by atomic mass is 16.3. The standard InChI is InChI=1S/C15H21N3O/c1-2-12-6-7-13(19-12)10-17-14-4-3-5-15(14)18-9-8-16-11-18/h6-9,11,14-15,17H,2-5,10H2,1H3. The molecule has 0 saturated heterocycles. The molecule has 3 rings (SSSR count). The lowest BCUT2D eigenvalue weighted by atomic mass is 10.1. The van der Waals surface area contributed by atoms with E-state index < -0.39 is 0 Å². The number of furan rings is 1. The number of aryl methyl sites for hydroxylation is 1. The number of nitrogens with zero attached hydrogens (tertiary/aromatic N) is 2. The quantitative estimate of drug-likeness (QED) is 0.897. The molecule has 1 aliphatic rings. The van der Waals surface area contributed by atoms with Gasteiger partial charge in [0.15, 0.2) is 0 Å². The minimum absolute atomic E-state index is 0.518. The lowest BCUT2D eigenvalue weighted by Crippen LogP contribution is -2.33. The molecule has 1 N–H and O–H groups in total. The van der Waals surface area contributed by atoms with Gasteiger partial charge in [-0.25, -0.2) is 4.98 Å². The summed E-state index contributed by atoms with van der Waals surface area (Å²) >= 11 is 0. The van der Waals surface area contributed by atoms with E-state index in [0.717, 1.165) is 24.5 Å². The van der Waals surface area contributed by atoms with Gasteiger partial charge in [-0.15, -0.1) is 0 Å². The van der Waals surface area contributed by atoms with Gasteiger partial charge in [0.1, 0.15) is 11.5 Å². The van der Waals surface area contributed by atoms with Crippen molar-refractivity contribution in [3.63, 3.8) is 0 Å². The number of rotatable bonds is 5. The third-order valence-corrected chi connectivity index (χ3v) is 3.99. The zero-order valence-corrected chi connectivity index (χ0v) is 11.4. The van der Waals surface area contributed by atoms with Crippen LogP contribution in [0.25, 0.3) is 0 Å². The van der Waals surface area contributed by atoms with Crippen molar-refractivity contribution in [2.75, 3.05) is 0 Å². The average Bonchev–Trinajstić information content (AvgIpc) is 3.16. The topological polar surface area (TPSA) is 43.0 Å². The van der Waals surface area contributed by atoms with E-state index in [1.54, 1.807) is 0 Å². The number of hydrogen-bond donors (Lipinski definition) is 1. The second kappa shape index (κ2) is 5.61. The van der Waals surface area contributed by atoms with E-state index in [0.29, 0.717) is 12.1 Å². The van der Waals surface area contributed by atoms with Crippen molar-refractivity contribution >= 4 is 0 Å². The summed E-state index contributed by atoms with van der Waals surface area (Å²) in [4.78, 5) is 4.15. The molecule has 2 atom stereocenters. The van der Waals surface area contributed by atoms with Gasteiger partial charge in [0.05, 0.1) is 12.9 Å². The van der Waals surface area contributed by atoms with E-state index >= 15 is 0 Å². The predicted octanol–water partition coefficient (Wildman–Crippen LogP) is 2.92. The van der Waals surface area contributed by atoms with Crippen LogP contribution in [-0.2, 0) is 13.0 Å². The van der Waals surface area contributed by atoms with Crippen LogP contribution in [0.4, 0.5) is 0 Å². The molecule has 2 unspecified atom stereocenters. The summed E-state index contributed by atoms with van der Waals surface area (Å²) in [6.45, 7) is 2.93. The molecular weight excluding hydrogens is 238 g/mol. The fourth-order valence-electron chi connectivity index (χ4n) is 2.94. The van der Waals surface area contributed by atoms with Crippen LogP contribution in [-0.4, -0.2) is 15.6 Å². The maximum atomic E-state index is 5.74. The van der Waals surface area contributed by atoms with Gasteiger partial charge in [-0.1, -0.05) is 6.92 Å². The summed E-state index contributed by atoms with van der Waals surface area (Å²) in [5, 5.41) is 3.63. The molecule has 4 nitrogen and oxygen atoms in total. The van der Waals surface area contributed by atoms with Crippen molar-refractivity contribution in [1.82, 2.24) is 14.9 Å². The van der Waals surface area contributed by atoms with Gasteiger partial charge in [-0.05, 0) is 31.4 Å². The Bertz CT molecular complexity index is 503. The highest BCUT2D eigenvalue weighted by Gasteiger charge is 2.27. The summed E-state index contributed by atoms with van der Waals surface area (Å²) in [6, 6.07) is 5.19. The molecule has 0 bridgehead atoms. The van der Waals surface area contributed by atoms with Crippen molar-refractivity contribution in [1.29, 1.82) is 0 Å². The SMILES string of the molecule is CCc1ccc(CNC2CCCC2n2ccnc2)o1. The molecule has 0 amide bonds. The molecule has 0 spiro atoms. The van der Waals surface area contributed by atoms with Gasteiger partial charge in [-0.3, -0.25) is 0 Å². The molecule has 1 saturated carbocycles. The second-order valence-electron chi connectivity index (χ2n) is 5.22. The number of nitrogens with one attached hydrogen (secondary N) is 1. The normalized spacial score (nSPS) is 23.0. The summed E-state index contributed by atoms with van der Waals surface area (Å²) in [5.74, 6) is 2.10. The molecule has 2 aromatic heterocycles. The first-order chi connectivity index (χ1) is 9.36. The van der Waals surface area contributed by atoms with E-state index in [4.69, 9.17) is 4.42 Å². The highest BCUT2D eigenvalue weighted by molar-refractivity contribution is 5.07. The van der Waals surface area contributed by atoms with E-state index in [9.17, 15) is 0 Å². The zero-order valence-electron chi connectivity index (χ0n) is 11.4. The molecule has 0 radical (unpaired) electrons. The molecule has 0 aliphatic heterocycles. The van der Waals surface area contributed by atoms with Crippen LogP contribution in [0.3, 0.4) is 0 Å². The van der Waals surface area contributed by atoms with Crippen molar-refractivity contribution in [3.8, 4) is 0 Å². The first kappa shape index (κ1) is 12.5. The maximum Gasteiger partial charge on any atom is 0.117 e. The molecule has 2 heterocycles. The number of aromatic nitrogens is 2. The van der Waals surface area contributed by atoms with Gasteiger partial charge in [-0.2, -0.15) is 0 Å². The van der Waals surface area contributed by atoms with Crippen LogP contribution in [0.5, 0.6) is 0 Å². The third-order valence-electron chi connectivity index (χ3n) is 3.99. The van der Waals surface area contributed by atoms with Crippen LogP contribution < -0.4 is 5.32 Å². The maximum absolute atomic E-state index is 5.74. The van der Waals surface area contributed by atoms with E-state index in [1.165, 1.54) is 19.3 Å². The van der Waals surface area contributed by atoms with Gasteiger partial charge < -0.3 is 14.3 Å². The van der Waals surface area contributed by atoms with Crippen LogP contribution in [0, 0.1) is 0 Å². The molecule has 4 heteroatoms. The third kappa shape index (κ3) is 2.73. The Morgan fingerprint density at radius 1 is 1.37 bits per heavy atom. The van der Waals surface area contributed by atoms with E-state index in [-0.39, 0.29) is 0 Å². The molecular formula is C15H21N3O. The molecule has 2 aromatic rings. The zero-order chi connectivity index (χ0) is 13.1. The molecule has 0 aromatic carbocycles. The smallest absolute Gasteiger partial charge is 0.117 e. The van der Waals surface area contributed by atoms with Crippen molar-refractivity contribution in [2.45, 2.75) is 51.2 Å². The first-order valence-corrected chi connectivity index (χ1v) is 7.15. The predicted molar refractivity (Wildman–Crippen MR) is 73.8 cm³/mol. The molecule has 19 heavy (non-hydrogen) atoms. The Labute approximate surface area is 113 Å². The van der Waals surface area contributed by atoms with Crippen LogP contribution in [0.2, 0.25) is 0 Å². The van der Waals surface area contributed by atoms with Crippen LogP contribution in [0.15, 0.2) is 35.3 Å². The van der Waals surface area contributed by atoms with Crippen molar-refractivity contribution < 1.29 is 4.42 Å². The van der Waals surface area contributed by atoms with Crippen molar-refractivity contribution in [3.05, 3.63) is 42.4 Å². The van der Waals surface area contributed by atoms with Gasteiger partial charge >= 0.3 is 0 Å². The Morgan fingerprint density at radius 2 is 2.26 bits per heavy atom. The molecule has 1 aliphatic carbocycles. The van der Waals surface area contributed by atoms with E-state index in [2.05, 4.69) is 40.1 Å². The highest BCUT2D eigenvalue weighted by Crippen LogP contribution is 2.30. The van der Waals surface area contributed by atoms with Crippen LogP contribution >= 0.6 is 0 Å². The van der Waals surface area contributed by atoms with Gasteiger partial charge in [0, 0.05) is 30.9 Å². The monoisotopic (exact) mass is 259 g/mol. The van der Waals surface area contributed by atoms with Gasteiger partial charge in [0.25, 0.3) is 0 Å². The average molecular weight is 259 g/mol. The summed E-state index contributed by atoms with van der Waals surface area (Å²) in [6.07, 6.45) is 10.5. The number of hydrogen-bond acceptors (Lipinski definition) is 3. The minimum Gasteiger partial charge on any atom is -0.465 e. The lowest BCUT2D eigenvalue weighted by Gasteiger charge is -2.21. The second-order valence-corrected chi connectivity index (χ2v) is 5.22. The lowest BCUT2D eigenvalue weighted by molar-refractivity contribution is 0.367.